The average molecular weight is 304 g/mol. The van der Waals surface area contributed by atoms with E-state index >= 15 is 0 Å². The minimum Gasteiger partial charge on any atom is -0.460 e. The summed E-state index contributed by atoms with van der Waals surface area (Å²) < 4.78 is 17.6. The number of carbonyl (C=O) groups is 1. The molecule has 1 aromatic carbocycles. The van der Waals surface area contributed by atoms with E-state index < -0.39 is 23.9 Å². The molecule has 0 radical (unpaired) electrons. The summed E-state index contributed by atoms with van der Waals surface area (Å²) in [6, 6.07) is 9.75. The van der Waals surface area contributed by atoms with Crippen LogP contribution in [0.15, 0.2) is 30.3 Å². The lowest BCUT2D eigenvalue weighted by Gasteiger charge is -2.36. The Bertz CT molecular complexity index is 535. The number of carbonyl (C=O) groups excluding carboxylic acids is 1. The van der Waals surface area contributed by atoms with Gasteiger partial charge >= 0.3 is 13.1 Å². The Hall–Kier alpha value is -1.33. The second-order valence-electron chi connectivity index (χ2n) is 7.48. The highest BCUT2D eigenvalue weighted by Gasteiger charge is 2.55. The molecule has 0 N–H and O–H groups in total. The van der Waals surface area contributed by atoms with Crippen LogP contribution in [0.1, 0.15) is 48.0 Å². The lowest BCUT2D eigenvalue weighted by atomic mass is 9.79. The van der Waals surface area contributed by atoms with Crippen molar-refractivity contribution in [3.05, 3.63) is 30.3 Å². The Morgan fingerprint density at radius 1 is 1.14 bits per heavy atom. The molecule has 1 heterocycles. The Labute approximate surface area is 133 Å². The summed E-state index contributed by atoms with van der Waals surface area (Å²) in [6.07, 6.45) is 0.153. The number of hydrogen-bond donors (Lipinski definition) is 0. The van der Waals surface area contributed by atoms with Crippen LogP contribution in [0.2, 0.25) is 0 Å². The molecular weight excluding hydrogens is 279 g/mol. The third-order valence-electron chi connectivity index (χ3n) is 4.02. The van der Waals surface area contributed by atoms with E-state index in [9.17, 15) is 4.79 Å². The first kappa shape index (κ1) is 17.0. The smallest absolute Gasteiger partial charge is 0.460 e. The fraction of sp³-hybridized carbons (Fsp3) is 0.588. The molecule has 2 rings (SSSR count). The van der Waals surface area contributed by atoms with Gasteiger partial charge in [-0.3, -0.25) is 4.79 Å². The molecule has 1 unspecified atom stereocenters. The second kappa shape index (κ2) is 5.71. The maximum atomic E-state index is 12.2. The Kier molecular flexibility index (Phi) is 4.42. The molecule has 1 aliphatic rings. The predicted octanol–water partition coefficient (Wildman–Crippen LogP) is 2.70. The molecule has 0 aromatic heterocycles. The second-order valence-corrected chi connectivity index (χ2v) is 7.48. The third kappa shape index (κ3) is 3.71. The summed E-state index contributed by atoms with van der Waals surface area (Å²) in [5.41, 5.74) is -0.889. The van der Waals surface area contributed by atoms with Crippen LogP contribution in [-0.4, -0.2) is 29.9 Å². The van der Waals surface area contributed by atoms with Crippen LogP contribution in [0.5, 0.6) is 0 Å². The molecule has 0 saturated carbocycles. The van der Waals surface area contributed by atoms with Crippen molar-refractivity contribution < 1.29 is 18.8 Å². The lowest BCUT2D eigenvalue weighted by Crippen LogP contribution is -2.47. The summed E-state index contributed by atoms with van der Waals surface area (Å²) in [4.78, 5) is 12.2. The van der Waals surface area contributed by atoms with Gasteiger partial charge in [0.05, 0.1) is 17.6 Å². The quantitative estimate of drug-likeness (QED) is 0.636. The zero-order chi connectivity index (χ0) is 16.6. The molecule has 120 valence electrons. The van der Waals surface area contributed by atoms with Crippen LogP contribution in [0, 0.1) is 0 Å². The van der Waals surface area contributed by atoms with Gasteiger partial charge in [0.25, 0.3) is 0 Å². The van der Waals surface area contributed by atoms with Crippen molar-refractivity contribution in [2.75, 3.05) is 0 Å². The molecule has 22 heavy (non-hydrogen) atoms. The average Bonchev–Trinajstić information content (AvgIpc) is 2.58. The largest absolute Gasteiger partial charge is 0.494 e. The molecule has 4 nitrogen and oxygen atoms in total. The molecule has 5 heteroatoms. The molecule has 0 aliphatic carbocycles. The van der Waals surface area contributed by atoms with E-state index in [1.165, 1.54) is 0 Å². The topological polar surface area (TPSA) is 44.8 Å². The van der Waals surface area contributed by atoms with Gasteiger partial charge in [-0.05, 0) is 47.0 Å². The van der Waals surface area contributed by atoms with Crippen LogP contribution in [0.4, 0.5) is 0 Å². The first-order chi connectivity index (χ1) is 10.0. The van der Waals surface area contributed by atoms with Crippen LogP contribution in [-0.2, 0) is 18.8 Å². The molecule has 0 amide bonds. The van der Waals surface area contributed by atoms with E-state index in [1.54, 1.807) is 0 Å². The van der Waals surface area contributed by atoms with Crippen molar-refractivity contribution in [2.45, 2.75) is 64.8 Å². The summed E-state index contributed by atoms with van der Waals surface area (Å²) in [5, 5.41) is 0. The summed E-state index contributed by atoms with van der Waals surface area (Å²) >= 11 is 0. The van der Waals surface area contributed by atoms with Crippen LogP contribution in [0.25, 0.3) is 0 Å². The van der Waals surface area contributed by atoms with E-state index in [4.69, 9.17) is 14.0 Å². The standard InChI is InChI=1S/C17H25BO4/c1-15(2,3)20-14(19)12-17(6)16(4,5)21-18(22-17)13-10-8-7-9-11-13/h7-11H,12H2,1-6H3. The van der Waals surface area contributed by atoms with Crippen molar-refractivity contribution in [3.8, 4) is 0 Å². The summed E-state index contributed by atoms with van der Waals surface area (Å²) in [5.74, 6) is -0.277. The van der Waals surface area contributed by atoms with Gasteiger partial charge in [0, 0.05) is 0 Å². The third-order valence-corrected chi connectivity index (χ3v) is 4.02. The molecule has 1 aromatic rings. The number of hydrogen-bond acceptors (Lipinski definition) is 4. The fourth-order valence-corrected chi connectivity index (χ4v) is 2.45. The molecule has 1 fully saturated rings. The first-order valence-electron chi connectivity index (χ1n) is 7.65. The van der Waals surface area contributed by atoms with Gasteiger partial charge in [-0.25, -0.2) is 0 Å². The molecule has 0 spiro atoms. The number of benzene rings is 1. The van der Waals surface area contributed by atoms with Crippen molar-refractivity contribution in [1.29, 1.82) is 0 Å². The highest BCUT2D eigenvalue weighted by Crippen LogP contribution is 2.40. The molecular formula is C17H25BO4. The molecule has 1 aliphatic heterocycles. The van der Waals surface area contributed by atoms with E-state index in [0.717, 1.165) is 5.46 Å². The van der Waals surface area contributed by atoms with Crippen molar-refractivity contribution in [3.63, 3.8) is 0 Å². The normalized spacial score (nSPS) is 24.4. The number of esters is 1. The van der Waals surface area contributed by atoms with Gasteiger partial charge in [-0.15, -0.1) is 0 Å². The maximum absolute atomic E-state index is 12.2. The van der Waals surface area contributed by atoms with Gasteiger partial charge in [-0.1, -0.05) is 30.3 Å². The first-order valence-corrected chi connectivity index (χ1v) is 7.65. The van der Waals surface area contributed by atoms with E-state index in [1.807, 2.05) is 71.9 Å². The van der Waals surface area contributed by atoms with Gasteiger partial charge in [0.15, 0.2) is 0 Å². The molecule has 1 saturated heterocycles. The van der Waals surface area contributed by atoms with Gasteiger partial charge in [0.2, 0.25) is 0 Å². The van der Waals surface area contributed by atoms with Gasteiger partial charge < -0.3 is 14.0 Å². The number of rotatable bonds is 3. The highest BCUT2D eigenvalue weighted by atomic mass is 16.7. The zero-order valence-electron chi connectivity index (χ0n) is 14.3. The lowest BCUT2D eigenvalue weighted by molar-refractivity contribution is -0.161. The molecule has 1 atom stereocenters. The Balaban J connectivity index is 2.14. The van der Waals surface area contributed by atoms with E-state index in [-0.39, 0.29) is 12.4 Å². The summed E-state index contributed by atoms with van der Waals surface area (Å²) in [6.45, 7) is 11.4. The van der Waals surface area contributed by atoms with Crippen LogP contribution in [0.3, 0.4) is 0 Å². The Morgan fingerprint density at radius 2 is 1.73 bits per heavy atom. The van der Waals surface area contributed by atoms with Crippen LogP contribution >= 0.6 is 0 Å². The minimum absolute atomic E-state index is 0.153. The summed E-state index contributed by atoms with van der Waals surface area (Å²) in [7, 11) is -0.469. The fourth-order valence-electron chi connectivity index (χ4n) is 2.45. The van der Waals surface area contributed by atoms with Gasteiger partial charge in [0.1, 0.15) is 5.60 Å². The van der Waals surface area contributed by atoms with E-state index in [0.29, 0.717) is 0 Å². The zero-order valence-corrected chi connectivity index (χ0v) is 14.3. The van der Waals surface area contributed by atoms with Crippen molar-refractivity contribution >= 4 is 18.6 Å². The van der Waals surface area contributed by atoms with Crippen molar-refractivity contribution in [2.24, 2.45) is 0 Å². The van der Waals surface area contributed by atoms with Gasteiger partial charge in [-0.2, -0.15) is 0 Å². The Morgan fingerprint density at radius 3 is 2.27 bits per heavy atom. The molecule has 0 bridgehead atoms. The van der Waals surface area contributed by atoms with Crippen molar-refractivity contribution in [1.82, 2.24) is 0 Å². The minimum atomic E-state index is -0.740. The maximum Gasteiger partial charge on any atom is 0.494 e. The van der Waals surface area contributed by atoms with E-state index in [2.05, 4.69) is 0 Å². The number of ether oxygens (including phenoxy) is 1. The van der Waals surface area contributed by atoms with Crippen LogP contribution < -0.4 is 5.46 Å². The highest BCUT2D eigenvalue weighted by molar-refractivity contribution is 6.62. The predicted molar refractivity (Wildman–Crippen MR) is 86.9 cm³/mol. The monoisotopic (exact) mass is 304 g/mol. The SMILES string of the molecule is CC(C)(C)OC(=O)CC1(C)OB(c2ccccc2)OC1(C)C.